The highest BCUT2D eigenvalue weighted by Gasteiger charge is 2.47. The van der Waals surface area contributed by atoms with Gasteiger partial charge in [-0.2, -0.15) is 0 Å². The van der Waals surface area contributed by atoms with Crippen molar-refractivity contribution in [1.82, 2.24) is 10.2 Å². The predicted molar refractivity (Wildman–Crippen MR) is 51.4 cm³/mol. The minimum atomic E-state index is 0.155. The zero-order valence-corrected chi connectivity index (χ0v) is 8.42. The Labute approximate surface area is 79.5 Å². The average molecular weight is 182 g/mol. The fourth-order valence-electron chi connectivity index (χ4n) is 3.00. The molecule has 3 saturated heterocycles. The summed E-state index contributed by atoms with van der Waals surface area (Å²) in [4.78, 5) is 13.0. The first-order chi connectivity index (χ1) is 6.16. The summed E-state index contributed by atoms with van der Waals surface area (Å²) in [7, 11) is 0. The Morgan fingerprint density at radius 1 is 1.38 bits per heavy atom. The molecule has 0 saturated carbocycles. The van der Waals surface area contributed by atoms with Crippen LogP contribution in [0, 0.1) is 5.92 Å². The summed E-state index contributed by atoms with van der Waals surface area (Å²) in [5, 5.41) is 2.98. The van der Waals surface area contributed by atoms with Crippen LogP contribution in [0.25, 0.3) is 0 Å². The van der Waals surface area contributed by atoms with Gasteiger partial charge < -0.3 is 5.32 Å². The molecule has 3 rings (SSSR count). The van der Waals surface area contributed by atoms with Crippen LogP contribution in [0.2, 0.25) is 0 Å². The highest BCUT2D eigenvalue weighted by Crippen LogP contribution is 2.38. The van der Waals surface area contributed by atoms with Crippen LogP contribution in [0.1, 0.15) is 26.7 Å². The van der Waals surface area contributed by atoms with Crippen LogP contribution in [0.5, 0.6) is 0 Å². The number of amides is 1. The van der Waals surface area contributed by atoms with Gasteiger partial charge in [-0.15, -0.1) is 0 Å². The topological polar surface area (TPSA) is 32.3 Å². The lowest BCUT2D eigenvalue weighted by Crippen LogP contribution is -2.68. The van der Waals surface area contributed by atoms with Gasteiger partial charge in [-0.3, -0.25) is 9.69 Å². The van der Waals surface area contributed by atoms with Gasteiger partial charge in [-0.05, 0) is 45.7 Å². The van der Waals surface area contributed by atoms with E-state index in [9.17, 15) is 4.79 Å². The summed E-state index contributed by atoms with van der Waals surface area (Å²) in [5.74, 6) is 0.699. The number of piperidine rings is 3. The molecular weight excluding hydrogens is 164 g/mol. The van der Waals surface area contributed by atoms with Gasteiger partial charge in [0.15, 0.2) is 0 Å². The Bertz CT molecular complexity index is 207. The number of carbonyl (C=O) groups excluding carboxylic acids is 1. The van der Waals surface area contributed by atoms with Gasteiger partial charge in [0.25, 0.3) is 0 Å². The first-order valence-corrected chi connectivity index (χ1v) is 5.11. The van der Waals surface area contributed by atoms with Crippen LogP contribution in [-0.4, -0.2) is 36.0 Å². The lowest BCUT2D eigenvalue weighted by molar-refractivity contribution is -0.114. The van der Waals surface area contributed by atoms with E-state index in [0.717, 1.165) is 6.41 Å². The Balaban J connectivity index is 2.19. The second-order valence-corrected chi connectivity index (χ2v) is 4.74. The van der Waals surface area contributed by atoms with Gasteiger partial charge in [-0.1, -0.05) is 0 Å². The fraction of sp³-hybridized carbons (Fsp3) is 0.900. The molecule has 0 aliphatic carbocycles. The summed E-state index contributed by atoms with van der Waals surface area (Å²) in [6.07, 6.45) is 3.35. The van der Waals surface area contributed by atoms with Crippen LogP contribution in [0.4, 0.5) is 0 Å². The SMILES string of the molecule is CC1(C)C(NC=O)C2CCN1CC2. The molecule has 3 fully saturated rings. The smallest absolute Gasteiger partial charge is 0.207 e. The maximum absolute atomic E-state index is 10.5. The van der Waals surface area contributed by atoms with Crippen molar-refractivity contribution in [3.05, 3.63) is 0 Å². The van der Waals surface area contributed by atoms with Gasteiger partial charge in [0.05, 0.1) is 0 Å². The van der Waals surface area contributed by atoms with Crippen molar-refractivity contribution in [2.45, 2.75) is 38.3 Å². The minimum absolute atomic E-state index is 0.155. The summed E-state index contributed by atoms with van der Waals surface area (Å²) in [6, 6.07) is 0.354. The van der Waals surface area contributed by atoms with Gasteiger partial charge >= 0.3 is 0 Å². The number of hydrogen-bond donors (Lipinski definition) is 1. The molecule has 1 amide bonds. The molecule has 3 aliphatic rings. The molecular formula is C10H18N2O. The van der Waals surface area contributed by atoms with E-state index in [2.05, 4.69) is 24.1 Å². The molecule has 3 heterocycles. The van der Waals surface area contributed by atoms with Crippen LogP contribution in [-0.2, 0) is 4.79 Å². The normalized spacial score (nSPS) is 41.5. The van der Waals surface area contributed by atoms with E-state index >= 15 is 0 Å². The van der Waals surface area contributed by atoms with Crippen LogP contribution in [0.15, 0.2) is 0 Å². The number of carbonyl (C=O) groups is 1. The second-order valence-electron chi connectivity index (χ2n) is 4.74. The number of nitrogens with zero attached hydrogens (tertiary/aromatic N) is 1. The van der Waals surface area contributed by atoms with E-state index < -0.39 is 0 Å². The molecule has 3 heteroatoms. The Kier molecular flexibility index (Phi) is 2.06. The molecule has 3 nitrogen and oxygen atoms in total. The Morgan fingerprint density at radius 2 is 2.00 bits per heavy atom. The van der Waals surface area contributed by atoms with Gasteiger partial charge in [0, 0.05) is 11.6 Å². The average Bonchev–Trinajstić information content (AvgIpc) is 2.12. The lowest BCUT2D eigenvalue weighted by atomic mass is 9.72. The summed E-state index contributed by atoms with van der Waals surface area (Å²) >= 11 is 0. The maximum atomic E-state index is 10.5. The molecule has 1 N–H and O–H groups in total. The van der Waals surface area contributed by atoms with E-state index in [1.807, 2.05) is 0 Å². The molecule has 0 spiro atoms. The molecule has 2 bridgehead atoms. The molecule has 0 aromatic rings. The number of nitrogens with one attached hydrogen (secondary N) is 1. The van der Waals surface area contributed by atoms with Gasteiger partial charge in [0.2, 0.25) is 6.41 Å². The van der Waals surface area contributed by atoms with E-state index in [0.29, 0.717) is 12.0 Å². The third-order valence-corrected chi connectivity index (χ3v) is 3.83. The third-order valence-electron chi connectivity index (χ3n) is 3.83. The molecule has 13 heavy (non-hydrogen) atoms. The monoisotopic (exact) mass is 182 g/mol. The van der Waals surface area contributed by atoms with Crippen LogP contribution in [0.3, 0.4) is 0 Å². The molecule has 0 aromatic carbocycles. The van der Waals surface area contributed by atoms with E-state index in [1.165, 1.54) is 25.9 Å². The summed E-state index contributed by atoms with van der Waals surface area (Å²) < 4.78 is 0. The van der Waals surface area contributed by atoms with E-state index in [4.69, 9.17) is 0 Å². The van der Waals surface area contributed by atoms with Crippen molar-refractivity contribution in [3.8, 4) is 0 Å². The zero-order valence-electron chi connectivity index (χ0n) is 8.42. The molecule has 1 atom stereocenters. The van der Waals surface area contributed by atoms with Crippen LogP contribution >= 0.6 is 0 Å². The quantitative estimate of drug-likeness (QED) is 0.634. The van der Waals surface area contributed by atoms with Crippen molar-refractivity contribution in [1.29, 1.82) is 0 Å². The molecule has 3 aliphatic heterocycles. The minimum Gasteiger partial charge on any atom is -0.354 e. The Morgan fingerprint density at radius 3 is 2.46 bits per heavy atom. The number of rotatable bonds is 2. The molecule has 0 radical (unpaired) electrons. The van der Waals surface area contributed by atoms with E-state index in [1.54, 1.807) is 0 Å². The first kappa shape index (κ1) is 9.00. The maximum Gasteiger partial charge on any atom is 0.207 e. The van der Waals surface area contributed by atoms with Crippen molar-refractivity contribution >= 4 is 6.41 Å². The van der Waals surface area contributed by atoms with E-state index in [-0.39, 0.29) is 5.54 Å². The lowest BCUT2D eigenvalue weighted by Gasteiger charge is -2.56. The Hall–Kier alpha value is -0.570. The second kappa shape index (κ2) is 2.98. The van der Waals surface area contributed by atoms with Crippen molar-refractivity contribution < 1.29 is 4.79 Å². The number of fused-ring (bicyclic) bond motifs is 3. The molecule has 0 aromatic heterocycles. The first-order valence-electron chi connectivity index (χ1n) is 5.11. The largest absolute Gasteiger partial charge is 0.354 e. The molecule has 74 valence electrons. The fourth-order valence-corrected chi connectivity index (χ4v) is 3.00. The highest BCUT2D eigenvalue weighted by atomic mass is 16.1. The van der Waals surface area contributed by atoms with Crippen LogP contribution < -0.4 is 5.32 Å². The summed E-state index contributed by atoms with van der Waals surface area (Å²) in [6.45, 7) is 6.88. The summed E-state index contributed by atoms with van der Waals surface area (Å²) in [5.41, 5.74) is 0.155. The van der Waals surface area contributed by atoms with Gasteiger partial charge in [0.1, 0.15) is 0 Å². The van der Waals surface area contributed by atoms with Gasteiger partial charge in [-0.25, -0.2) is 0 Å². The predicted octanol–water partition coefficient (Wildman–Crippen LogP) is 0.605. The van der Waals surface area contributed by atoms with Crippen molar-refractivity contribution in [2.75, 3.05) is 13.1 Å². The third kappa shape index (κ3) is 1.26. The highest BCUT2D eigenvalue weighted by molar-refractivity contribution is 5.47. The van der Waals surface area contributed by atoms with Crippen molar-refractivity contribution in [2.24, 2.45) is 5.92 Å². The molecule has 1 unspecified atom stereocenters. The zero-order chi connectivity index (χ0) is 9.47. The standard InChI is InChI=1S/C10H18N2O/c1-10(2)9(11-7-13)8-3-5-12(10)6-4-8/h7-9H,3-6H2,1-2H3,(H,11,13). The number of hydrogen-bond acceptors (Lipinski definition) is 2. The van der Waals surface area contributed by atoms with Crippen molar-refractivity contribution in [3.63, 3.8) is 0 Å².